The van der Waals surface area contributed by atoms with Crippen molar-refractivity contribution in [2.75, 3.05) is 18.4 Å². The normalized spacial score (nSPS) is 15.9. The molecule has 1 fully saturated rings. The molecule has 0 aliphatic carbocycles. The van der Waals surface area contributed by atoms with Gasteiger partial charge in [0.05, 0.1) is 11.4 Å². The number of benzene rings is 2. The van der Waals surface area contributed by atoms with Gasteiger partial charge in [0.25, 0.3) is 0 Å². The highest BCUT2D eigenvalue weighted by Gasteiger charge is 2.26. The van der Waals surface area contributed by atoms with Gasteiger partial charge in [-0.25, -0.2) is 13.4 Å². The predicted molar refractivity (Wildman–Crippen MR) is 114 cm³/mol. The largest absolute Gasteiger partial charge is 0.370 e. The molecule has 7 heteroatoms. The van der Waals surface area contributed by atoms with E-state index in [0.717, 1.165) is 24.1 Å². The van der Waals surface area contributed by atoms with Crippen LogP contribution in [0.2, 0.25) is 0 Å². The number of rotatable bonds is 6. The lowest BCUT2D eigenvalue weighted by molar-refractivity contribution is 0.477. The molecule has 0 aromatic heterocycles. The van der Waals surface area contributed by atoms with Gasteiger partial charge in [-0.3, -0.25) is 0 Å². The van der Waals surface area contributed by atoms with Crippen LogP contribution in [0.15, 0.2) is 58.4 Å². The molecule has 0 spiro atoms. The molecule has 1 aliphatic rings. The zero-order chi connectivity index (χ0) is 20.1. The number of guanidine groups is 1. The monoisotopic (exact) mass is 400 g/mol. The van der Waals surface area contributed by atoms with Crippen molar-refractivity contribution in [2.45, 2.75) is 44.0 Å². The predicted octanol–water partition coefficient (Wildman–Crippen LogP) is 3.52. The van der Waals surface area contributed by atoms with Crippen molar-refractivity contribution in [3.05, 3.63) is 59.7 Å². The molecule has 3 rings (SSSR count). The van der Waals surface area contributed by atoms with Crippen LogP contribution in [0.25, 0.3) is 0 Å². The zero-order valence-corrected chi connectivity index (χ0v) is 17.2. The first kappa shape index (κ1) is 20.4. The molecule has 2 aromatic rings. The average molecular weight is 401 g/mol. The van der Waals surface area contributed by atoms with Gasteiger partial charge < -0.3 is 11.1 Å². The van der Waals surface area contributed by atoms with Crippen molar-refractivity contribution >= 4 is 21.7 Å². The molecule has 0 atom stereocenters. The summed E-state index contributed by atoms with van der Waals surface area (Å²) in [6.07, 6.45) is 1.86. The molecular formula is C21H28N4O2S. The van der Waals surface area contributed by atoms with E-state index < -0.39 is 10.0 Å². The fourth-order valence-corrected chi connectivity index (χ4v) is 4.70. The van der Waals surface area contributed by atoms with E-state index in [1.54, 1.807) is 28.6 Å². The van der Waals surface area contributed by atoms with Crippen molar-refractivity contribution in [3.63, 3.8) is 0 Å². The summed E-state index contributed by atoms with van der Waals surface area (Å²) in [5.41, 5.74) is 9.03. The Kier molecular flexibility index (Phi) is 6.36. The van der Waals surface area contributed by atoms with E-state index in [1.165, 1.54) is 5.56 Å². The standard InChI is InChI=1S/C21H28N4O2S/c1-16(2)18-6-5-7-19(14-18)24-21(22)23-15-17-8-10-20(11-9-17)28(26,27)25-12-3-4-13-25/h5-11,14,16H,3-4,12-13,15H2,1-2H3,(H3,22,23,24). The molecule has 1 heterocycles. The molecule has 0 radical (unpaired) electrons. The quantitative estimate of drug-likeness (QED) is 0.574. The van der Waals surface area contributed by atoms with Gasteiger partial charge in [0.2, 0.25) is 10.0 Å². The molecule has 0 bridgehead atoms. The van der Waals surface area contributed by atoms with E-state index in [-0.39, 0.29) is 0 Å². The fraction of sp³-hybridized carbons (Fsp3) is 0.381. The van der Waals surface area contributed by atoms with Gasteiger partial charge in [-0.05, 0) is 54.2 Å². The highest BCUT2D eigenvalue weighted by molar-refractivity contribution is 7.89. The van der Waals surface area contributed by atoms with Crippen molar-refractivity contribution in [1.29, 1.82) is 0 Å². The van der Waals surface area contributed by atoms with Crippen LogP contribution in [0.1, 0.15) is 43.7 Å². The van der Waals surface area contributed by atoms with E-state index in [9.17, 15) is 8.42 Å². The van der Waals surface area contributed by atoms with Gasteiger partial charge >= 0.3 is 0 Å². The number of nitrogens with two attached hydrogens (primary N) is 1. The Morgan fingerprint density at radius 1 is 1.14 bits per heavy atom. The summed E-state index contributed by atoms with van der Waals surface area (Å²) in [4.78, 5) is 4.69. The molecule has 28 heavy (non-hydrogen) atoms. The molecular weight excluding hydrogens is 372 g/mol. The van der Waals surface area contributed by atoms with Crippen LogP contribution in [-0.2, 0) is 16.6 Å². The van der Waals surface area contributed by atoms with E-state index in [4.69, 9.17) is 5.73 Å². The number of sulfonamides is 1. The minimum Gasteiger partial charge on any atom is -0.370 e. The van der Waals surface area contributed by atoms with Gasteiger partial charge in [0.15, 0.2) is 5.96 Å². The topological polar surface area (TPSA) is 87.8 Å². The second kappa shape index (κ2) is 8.75. The Morgan fingerprint density at radius 3 is 2.46 bits per heavy atom. The number of nitrogens with one attached hydrogen (secondary N) is 1. The van der Waals surface area contributed by atoms with Gasteiger partial charge in [-0.1, -0.05) is 38.1 Å². The Morgan fingerprint density at radius 2 is 1.82 bits per heavy atom. The molecule has 0 saturated carbocycles. The summed E-state index contributed by atoms with van der Waals surface area (Å²) in [6, 6.07) is 15.0. The van der Waals surface area contributed by atoms with Crippen LogP contribution >= 0.6 is 0 Å². The lowest BCUT2D eigenvalue weighted by Crippen LogP contribution is -2.27. The summed E-state index contributed by atoms with van der Waals surface area (Å²) in [7, 11) is -3.38. The summed E-state index contributed by atoms with van der Waals surface area (Å²) in [6.45, 7) is 5.88. The van der Waals surface area contributed by atoms with Crippen LogP contribution in [0, 0.1) is 0 Å². The highest BCUT2D eigenvalue weighted by Crippen LogP contribution is 2.21. The lowest BCUT2D eigenvalue weighted by atomic mass is 10.0. The van der Waals surface area contributed by atoms with E-state index in [0.29, 0.717) is 36.4 Å². The maximum Gasteiger partial charge on any atom is 0.243 e. The molecule has 6 nitrogen and oxygen atoms in total. The van der Waals surface area contributed by atoms with E-state index in [2.05, 4.69) is 36.3 Å². The van der Waals surface area contributed by atoms with Crippen LogP contribution in [0.4, 0.5) is 5.69 Å². The van der Waals surface area contributed by atoms with E-state index in [1.807, 2.05) is 12.1 Å². The van der Waals surface area contributed by atoms with Gasteiger partial charge in [-0.2, -0.15) is 4.31 Å². The molecule has 3 N–H and O–H groups in total. The SMILES string of the molecule is CC(C)c1cccc(NC(N)=NCc2ccc(S(=O)(=O)N3CCCC3)cc2)c1. The number of hydrogen-bond acceptors (Lipinski definition) is 3. The molecule has 1 saturated heterocycles. The minimum absolute atomic E-state index is 0.328. The Bertz CT molecular complexity index is 931. The summed E-state index contributed by atoms with van der Waals surface area (Å²) >= 11 is 0. The average Bonchev–Trinajstić information content (AvgIpc) is 3.22. The van der Waals surface area contributed by atoms with Crippen molar-refractivity contribution in [3.8, 4) is 0 Å². The highest BCUT2D eigenvalue weighted by atomic mass is 32.2. The van der Waals surface area contributed by atoms with Crippen molar-refractivity contribution in [1.82, 2.24) is 4.31 Å². The third-order valence-electron chi connectivity index (χ3n) is 4.88. The maximum atomic E-state index is 12.6. The first-order valence-corrected chi connectivity index (χ1v) is 11.1. The molecule has 1 aliphatic heterocycles. The van der Waals surface area contributed by atoms with Crippen LogP contribution < -0.4 is 11.1 Å². The van der Waals surface area contributed by atoms with E-state index >= 15 is 0 Å². The van der Waals surface area contributed by atoms with Gasteiger partial charge in [0.1, 0.15) is 0 Å². The fourth-order valence-electron chi connectivity index (χ4n) is 3.18. The second-order valence-corrected chi connectivity index (χ2v) is 9.30. The number of aliphatic imine (C=N–C) groups is 1. The van der Waals surface area contributed by atoms with Crippen LogP contribution in [-0.4, -0.2) is 31.8 Å². The third kappa shape index (κ3) is 4.91. The molecule has 0 unspecified atom stereocenters. The smallest absolute Gasteiger partial charge is 0.243 e. The maximum absolute atomic E-state index is 12.6. The number of nitrogens with zero attached hydrogens (tertiary/aromatic N) is 2. The molecule has 150 valence electrons. The van der Waals surface area contributed by atoms with Crippen molar-refractivity contribution < 1.29 is 8.42 Å². The Labute approximate surface area is 167 Å². The van der Waals surface area contributed by atoms with Gasteiger partial charge in [0, 0.05) is 18.8 Å². The van der Waals surface area contributed by atoms with Crippen LogP contribution in [0.3, 0.4) is 0 Å². The zero-order valence-electron chi connectivity index (χ0n) is 16.4. The lowest BCUT2D eigenvalue weighted by Gasteiger charge is -2.15. The summed E-state index contributed by atoms with van der Waals surface area (Å²) < 4.78 is 26.7. The first-order valence-electron chi connectivity index (χ1n) is 9.62. The van der Waals surface area contributed by atoms with Crippen molar-refractivity contribution in [2.24, 2.45) is 10.7 Å². The summed E-state index contributed by atoms with van der Waals surface area (Å²) in [5.74, 6) is 0.768. The minimum atomic E-state index is -3.38. The molecule has 2 aromatic carbocycles. The Balaban J connectivity index is 1.63. The number of hydrogen-bond donors (Lipinski definition) is 2. The molecule has 0 amide bonds. The Hall–Kier alpha value is -2.38. The second-order valence-electron chi connectivity index (χ2n) is 7.36. The third-order valence-corrected chi connectivity index (χ3v) is 6.80. The van der Waals surface area contributed by atoms with Crippen LogP contribution in [0.5, 0.6) is 0 Å². The van der Waals surface area contributed by atoms with Gasteiger partial charge in [-0.15, -0.1) is 0 Å². The first-order chi connectivity index (χ1) is 13.4. The number of anilines is 1. The summed E-state index contributed by atoms with van der Waals surface area (Å²) in [5, 5.41) is 3.11.